The molecule has 0 bridgehead atoms. The van der Waals surface area contributed by atoms with E-state index in [-0.39, 0.29) is 18.1 Å². The average Bonchev–Trinajstić information content (AvgIpc) is 3.08. The second-order valence-electron chi connectivity index (χ2n) is 8.13. The Balaban J connectivity index is 1.96. The van der Waals surface area contributed by atoms with Crippen LogP contribution >= 0.6 is 0 Å². The molecule has 2 rings (SSSR count). The normalized spacial score (nSPS) is 26.3. The molecule has 0 aromatic carbocycles. The lowest BCUT2D eigenvalue weighted by molar-refractivity contribution is -0.125. The van der Waals surface area contributed by atoms with Gasteiger partial charge in [0.25, 0.3) is 0 Å². The fourth-order valence-electron chi connectivity index (χ4n) is 4.10. The van der Waals surface area contributed by atoms with Crippen LogP contribution in [0.2, 0.25) is 0 Å². The first kappa shape index (κ1) is 19.7. The summed E-state index contributed by atoms with van der Waals surface area (Å²) in [5.41, 5.74) is 6.03. The van der Waals surface area contributed by atoms with E-state index in [0.717, 1.165) is 19.3 Å². The number of hydrogen-bond acceptors (Lipinski definition) is 4. The molecule has 0 radical (unpaired) electrons. The number of ether oxygens (including phenoxy) is 1. The summed E-state index contributed by atoms with van der Waals surface area (Å²) in [6, 6.07) is -0.752. The molecule has 5 nitrogen and oxygen atoms in total. The lowest BCUT2D eigenvalue weighted by Crippen LogP contribution is -2.53. The zero-order valence-electron chi connectivity index (χ0n) is 15.4. The molecule has 0 unspecified atom stereocenters. The summed E-state index contributed by atoms with van der Waals surface area (Å²) in [5.74, 6) is 0.827. The second-order valence-corrected chi connectivity index (χ2v) is 8.13. The Labute approximate surface area is 146 Å². The number of amides is 1. The first-order valence-electron chi connectivity index (χ1n) is 9.83. The van der Waals surface area contributed by atoms with Crippen molar-refractivity contribution in [1.82, 2.24) is 5.32 Å². The summed E-state index contributed by atoms with van der Waals surface area (Å²) >= 11 is 0. The molecule has 140 valence electrons. The van der Waals surface area contributed by atoms with Crippen LogP contribution in [-0.2, 0) is 9.53 Å². The van der Waals surface area contributed by atoms with E-state index in [2.05, 4.69) is 19.2 Å². The van der Waals surface area contributed by atoms with Gasteiger partial charge in [0, 0.05) is 6.61 Å². The minimum Gasteiger partial charge on any atom is -0.388 e. The van der Waals surface area contributed by atoms with Crippen LogP contribution in [-0.4, -0.2) is 41.9 Å². The molecule has 0 spiro atoms. The van der Waals surface area contributed by atoms with Crippen molar-refractivity contribution in [2.75, 3.05) is 6.61 Å². The minimum absolute atomic E-state index is 0.137. The molecule has 1 amide bonds. The molecule has 1 aliphatic carbocycles. The number of carbonyl (C=O) groups is 1. The Morgan fingerprint density at radius 3 is 2.50 bits per heavy atom. The second kappa shape index (κ2) is 9.73. The van der Waals surface area contributed by atoms with Gasteiger partial charge in [0.15, 0.2) is 0 Å². The third-order valence-corrected chi connectivity index (χ3v) is 5.46. The van der Waals surface area contributed by atoms with Gasteiger partial charge >= 0.3 is 0 Å². The smallest absolute Gasteiger partial charge is 0.237 e. The minimum atomic E-state index is -0.635. The number of hydrogen-bond donors (Lipinski definition) is 3. The first-order chi connectivity index (χ1) is 11.5. The van der Waals surface area contributed by atoms with Gasteiger partial charge in [-0.05, 0) is 37.5 Å². The maximum Gasteiger partial charge on any atom is 0.237 e. The summed E-state index contributed by atoms with van der Waals surface area (Å²) in [6.45, 7) is 4.83. The fourth-order valence-corrected chi connectivity index (χ4v) is 4.10. The fraction of sp³-hybridized carbons (Fsp3) is 0.947. The highest BCUT2D eigenvalue weighted by Crippen LogP contribution is 2.29. The third-order valence-electron chi connectivity index (χ3n) is 5.46. The Morgan fingerprint density at radius 1 is 1.21 bits per heavy atom. The zero-order valence-corrected chi connectivity index (χ0v) is 15.4. The molecule has 1 saturated heterocycles. The van der Waals surface area contributed by atoms with Crippen LogP contribution in [0.25, 0.3) is 0 Å². The number of aliphatic hydroxyl groups is 1. The van der Waals surface area contributed by atoms with Crippen molar-refractivity contribution in [2.24, 2.45) is 17.6 Å². The van der Waals surface area contributed by atoms with Gasteiger partial charge in [-0.15, -0.1) is 0 Å². The van der Waals surface area contributed by atoms with Crippen molar-refractivity contribution in [2.45, 2.75) is 95.9 Å². The van der Waals surface area contributed by atoms with Gasteiger partial charge in [-0.2, -0.15) is 0 Å². The average molecular weight is 341 g/mol. The summed E-state index contributed by atoms with van der Waals surface area (Å²) in [6.07, 6.45) is 8.79. The Morgan fingerprint density at radius 2 is 1.92 bits per heavy atom. The first-order valence-corrected chi connectivity index (χ1v) is 9.83. The highest BCUT2D eigenvalue weighted by atomic mass is 16.5. The van der Waals surface area contributed by atoms with E-state index in [1.54, 1.807) is 0 Å². The van der Waals surface area contributed by atoms with E-state index in [4.69, 9.17) is 10.5 Å². The van der Waals surface area contributed by atoms with E-state index in [0.29, 0.717) is 24.9 Å². The molecular formula is C19H36N2O3. The highest BCUT2D eigenvalue weighted by molar-refractivity contribution is 5.81. The van der Waals surface area contributed by atoms with E-state index < -0.39 is 12.1 Å². The van der Waals surface area contributed by atoms with E-state index in [1.165, 1.54) is 32.1 Å². The molecule has 24 heavy (non-hydrogen) atoms. The van der Waals surface area contributed by atoms with Gasteiger partial charge in [0.2, 0.25) is 5.91 Å². The predicted octanol–water partition coefficient (Wildman–Crippen LogP) is 2.35. The van der Waals surface area contributed by atoms with Crippen molar-refractivity contribution < 1.29 is 14.6 Å². The Hall–Kier alpha value is -0.650. The van der Waals surface area contributed by atoms with Gasteiger partial charge in [-0.25, -0.2) is 0 Å². The van der Waals surface area contributed by atoms with Crippen molar-refractivity contribution in [3.8, 4) is 0 Å². The molecule has 1 saturated carbocycles. The predicted molar refractivity (Wildman–Crippen MR) is 95.5 cm³/mol. The van der Waals surface area contributed by atoms with Crippen LogP contribution < -0.4 is 11.1 Å². The van der Waals surface area contributed by atoms with Crippen molar-refractivity contribution in [3.05, 3.63) is 0 Å². The van der Waals surface area contributed by atoms with Crippen molar-refractivity contribution in [3.63, 3.8) is 0 Å². The van der Waals surface area contributed by atoms with Crippen LogP contribution in [0.4, 0.5) is 0 Å². The maximum absolute atomic E-state index is 12.5. The quantitative estimate of drug-likeness (QED) is 0.633. The van der Waals surface area contributed by atoms with Crippen LogP contribution in [0, 0.1) is 11.8 Å². The summed E-state index contributed by atoms with van der Waals surface area (Å²) in [7, 11) is 0. The molecule has 4 N–H and O–H groups in total. The maximum atomic E-state index is 12.5. The number of nitrogens with two attached hydrogens (primary N) is 1. The SMILES string of the molecule is CC(C)C[C@H](N)C(=O)N[C@@H](CC1CCCCC1)[C@@H](O)[C@H]1CCCO1. The standard InChI is InChI=1S/C19H36N2O3/c1-13(2)11-15(20)19(23)21-16(12-14-7-4-3-5-8-14)18(22)17-9-6-10-24-17/h13-18,22H,3-12,20H2,1-2H3,(H,21,23)/t15-,16-,17+,18+/m0/s1. The van der Waals surface area contributed by atoms with Gasteiger partial charge in [0.1, 0.15) is 6.10 Å². The molecule has 1 heterocycles. The number of nitrogens with one attached hydrogen (secondary N) is 1. The van der Waals surface area contributed by atoms with Gasteiger partial charge < -0.3 is 20.9 Å². The zero-order chi connectivity index (χ0) is 17.5. The lowest BCUT2D eigenvalue weighted by Gasteiger charge is -2.33. The van der Waals surface area contributed by atoms with Crippen LogP contribution in [0.5, 0.6) is 0 Å². The molecule has 5 heteroatoms. The number of aliphatic hydroxyl groups excluding tert-OH is 1. The molecule has 1 aliphatic heterocycles. The Kier molecular flexibility index (Phi) is 7.98. The molecular weight excluding hydrogens is 304 g/mol. The summed E-state index contributed by atoms with van der Waals surface area (Å²) in [5, 5.41) is 13.8. The molecule has 4 atom stereocenters. The van der Waals surface area contributed by atoms with Crippen LogP contribution in [0.15, 0.2) is 0 Å². The monoisotopic (exact) mass is 340 g/mol. The van der Waals surface area contributed by atoms with Crippen LogP contribution in [0.1, 0.15) is 71.6 Å². The molecule has 2 fully saturated rings. The number of carbonyl (C=O) groups excluding carboxylic acids is 1. The summed E-state index contributed by atoms with van der Waals surface area (Å²) < 4.78 is 5.66. The van der Waals surface area contributed by atoms with Crippen molar-refractivity contribution in [1.29, 1.82) is 0 Å². The lowest BCUT2D eigenvalue weighted by atomic mass is 9.82. The third kappa shape index (κ3) is 6.01. The van der Waals surface area contributed by atoms with E-state index in [1.807, 2.05) is 0 Å². The largest absolute Gasteiger partial charge is 0.388 e. The summed E-state index contributed by atoms with van der Waals surface area (Å²) in [4.78, 5) is 12.5. The molecule has 2 aliphatic rings. The van der Waals surface area contributed by atoms with Gasteiger partial charge in [-0.1, -0.05) is 46.0 Å². The molecule has 0 aromatic rings. The number of rotatable bonds is 8. The Bertz CT molecular complexity index is 377. The van der Waals surface area contributed by atoms with Crippen LogP contribution in [0.3, 0.4) is 0 Å². The van der Waals surface area contributed by atoms with E-state index in [9.17, 15) is 9.90 Å². The van der Waals surface area contributed by atoms with E-state index >= 15 is 0 Å². The topological polar surface area (TPSA) is 84.6 Å². The van der Waals surface area contributed by atoms with Gasteiger partial charge in [0.05, 0.1) is 18.2 Å². The van der Waals surface area contributed by atoms with Gasteiger partial charge in [-0.3, -0.25) is 4.79 Å². The molecule has 0 aromatic heterocycles. The highest BCUT2D eigenvalue weighted by Gasteiger charge is 2.34. The van der Waals surface area contributed by atoms with Crippen molar-refractivity contribution >= 4 is 5.91 Å².